The maximum Gasteiger partial charge on any atom is 0.227 e. The first kappa shape index (κ1) is 30.0. The van der Waals surface area contributed by atoms with E-state index in [1.807, 2.05) is 0 Å². The van der Waals surface area contributed by atoms with E-state index in [0.717, 1.165) is 63.8 Å². The molecule has 0 saturated heterocycles. The summed E-state index contributed by atoms with van der Waals surface area (Å²) in [5, 5.41) is 4.58. The molecule has 9 aromatic rings. The third kappa shape index (κ3) is 5.00. The summed E-state index contributed by atoms with van der Waals surface area (Å²) in [6, 6.07) is 57.4. The Hall–Kier alpha value is -6.71. The lowest BCUT2D eigenvalue weighted by atomic mass is 9.95. The molecule has 0 spiro atoms. The molecule has 0 radical (unpaired) electrons. The lowest BCUT2D eigenvalue weighted by Crippen LogP contribution is -2.10. The zero-order valence-electron chi connectivity index (χ0n) is 29.1. The van der Waals surface area contributed by atoms with Gasteiger partial charge in [0.25, 0.3) is 0 Å². The molecule has 3 heteroatoms. The molecule has 0 N–H and O–H groups in total. The van der Waals surface area contributed by atoms with Crippen LogP contribution in [0.5, 0.6) is 0 Å². The average molecular weight is 679 g/mol. The Morgan fingerprint density at radius 1 is 0.509 bits per heavy atom. The Morgan fingerprint density at radius 2 is 1.23 bits per heavy atom. The molecule has 250 valence electrons. The maximum atomic E-state index is 6.60. The first-order valence-electron chi connectivity index (χ1n) is 18.5. The Morgan fingerprint density at radius 3 is 2.15 bits per heavy atom. The SMILES string of the molecule is C1=Cc2cc(-c3nc4ccc5c6cc(N(c7ccc(-c8ccccc8)cc7)c7ccc8c(c7)-c7ccccc7C8)ccc6ccc5c4o3)ccc2CC1. The van der Waals surface area contributed by atoms with Gasteiger partial charge in [-0.05, 0) is 141 Å². The summed E-state index contributed by atoms with van der Waals surface area (Å²) in [5.41, 5.74) is 16.5. The van der Waals surface area contributed by atoms with Crippen molar-refractivity contribution in [2.45, 2.75) is 19.3 Å². The van der Waals surface area contributed by atoms with Gasteiger partial charge in [0.05, 0.1) is 0 Å². The lowest BCUT2D eigenvalue weighted by Gasteiger charge is -2.27. The zero-order chi connectivity index (χ0) is 34.9. The number of hydrogen-bond donors (Lipinski definition) is 0. The van der Waals surface area contributed by atoms with Gasteiger partial charge in [0.1, 0.15) is 5.52 Å². The van der Waals surface area contributed by atoms with Gasteiger partial charge in [0, 0.05) is 28.0 Å². The summed E-state index contributed by atoms with van der Waals surface area (Å²) >= 11 is 0. The van der Waals surface area contributed by atoms with Crippen LogP contribution in [0.1, 0.15) is 28.7 Å². The van der Waals surface area contributed by atoms with Crippen LogP contribution >= 0.6 is 0 Å². The number of anilines is 3. The zero-order valence-corrected chi connectivity index (χ0v) is 29.1. The third-order valence-corrected chi connectivity index (χ3v) is 11.2. The van der Waals surface area contributed by atoms with E-state index in [1.165, 1.54) is 55.3 Å². The number of rotatable bonds is 5. The van der Waals surface area contributed by atoms with Crippen molar-refractivity contribution < 1.29 is 4.42 Å². The van der Waals surface area contributed by atoms with Gasteiger partial charge in [0.15, 0.2) is 5.58 Å². The molecule has 8 aromatic carbocycles. The molecule has 11 rings (SSSR count). The molecule has 53 heavy (non-hydrogen) atoms. The molecular weight excluding hydrogens is 645 g/mol. The summed E-state index contributed by atoms with van der Waals surface area (Å²) < 4.78 is 6.60. The average Bonchev–Trinajstić information content (AvgIpc) is 3.83. The first-order valence-corrected chi connectivity index (χ1v) is 18.5. The number of allylic oxidation sites excluding steroid dienone is 1. The highest BCUT2D eigenvalue weighted by molar-refractivity contribution is 6.16. The number of fused-ring (bicyclic) bond motifs is 9. The predicted octanol–water partition coefficient (Wildman–Crippen LogP) is 13.5. The van der Waals surface area contributed by atoms with Gasteiger partial charge >= 0.3 is 0 Å². The van der Waals surface area contributed by atoms with Crippen LogP contribution in [0.4, 0.5) is 17.1 Å². The van der Waals surface area contributed by atoms with Gasteiger partial charge in [-0.3, -0.25) is 0 Å². The summed E-state index contributed by atoms with van der Waals surface area (Å²) in [6.45, 7) is 0. The molecule has 3 nitrogen and oxygen atoms in total. The van der Waals surface area contributed by atoms with Crippen LogP contribution in [0, 0.1) is 0 Å². The number of hydrogen-bond acceptors (Lipinski definition) is 3. The highest BCUT2D eigenvalue weighted by atomic mass is 16.3. The van der Waals surface area contributed by atoms with Crippen LogP contribution < -0.4 is 4.90 Å². The first-order chi connectivity index (χ1) is 26.2. The van der Waals surface area contributed by atoms with Crippen molar-refractivity contribution >= 4 is 55.8 Å². The third-order valence-electron chi connectivity index (χ3n) is 11.2. The second kappa shape index (κ2) is 11.9. The Balaban J connectivity index is 1.06. The highest BCUT2D eigenvalue weighted by Crippen LogP contribution is 2.44. The van der Waals surface area contributed by atoms with Gasteiger partial charge in [-0.1, -0.05) is 109 Å². The van der Waals surface area contributed by atoms with E-state index >= 15 is 0 Å². The Kier molecular flexibility index (Phi) is 6.75. The van der Waals surface area contributed by atoms with Crippen molar-refractivity contribution in [1.29, 1.82) is 0 Å². The lowest BCUT2D eigenvalue weighted by molar-refractivity contribution is 0.623. The predicted molar refractivity (Wildman–Crippen MR) is 220 cm³/mol. The largest absolute Gasteiger partial charge is 0.435 e. The minimum absolute atomic E-state index is 0.659. The number of aromatic nitrogens is 1. The molecule has 0 fully saturated rings. The highest BCUT2D eigenvalue weighted by Gasteiger charge is 2.22. The van der Waals surface area contributed by atoms with E-state index in [4.69, 9.17) is 9.40 Å². The van der Waals surface area contributed by atoms with E-state index in [2.05, 4.69) is 175 Å². The minimum Gasteiger partial charge on any atom is -0.435 e. The monoisotopic (exact) mass is 678 g/mol. The van der Waals surface area contributed by atoms with Crippen molar-refractivity contribution in [1.82, 2.24) is 4.98 Å². The maximum absolute atomic E-state index is 6.60. The van der Waals surface area contributed by atoms with Crippen molar-refractivity contribution in [3.63, 3.8) is 0 Å². The summed E-state index contributed by atoms with van der Waals surface area (Å²) in [7, 11) is 0. The molecule has 0 unspecified atom stereocenters. The van der Waals surface area contributed by atoms with Gasteiger partial charge in [-0.15, -0.1) is 0 Å². The molecule has 0 atom stereocenters. The van der Waals surface area contributed by atoms with Crippen molar-refractivity contribution in [3.8, 4) is 33.7 Å². The van der Waals surface area contributed by atoms with Crippen LogP contribution in [0.2, 0.25) is 0 Å². The number of nitrogens with zero attached hydrogens (tertiary/aromatic N) is 2. The molecule has 1 heterocycles. The van der Waals surface area contributed by atoms with Crippen molar-refractivity contribution in [2.75, 3.05) is 4.90 Å². The smallest absolute Gasteiger partial charge is 0.227 e. The van der Waals surface area contributed by atoms with E-state index in [1.54, 1.807) is 0 Å². The molecule has 2 aliphatic rings. The quantitative estimate of drug-likeness (QED) is 0.170. The fourth-order valence-electron chi connectivity index (χ4n) is 8.46. The van der Waals surface area contributed by atoms with Gasteiger partial charge in [-0.2, -0.15) is 0 Å². The number of aryl methyl sites for hydroxylation is 1. The van der Waals surface area contributed by atoms with Crippen LogP contribution in [0.3, 0.4) is 0 Å². The van der Waals surface area contributed by atoms with Crippen LogP contribution in [-0.4, -0.2) is 4.98 Å². The van der Waals surface area contributed by atoms with Crippen molar-refractivity contribution in [2.24, 2.45) is 0 Å². The molecule has 0 aliphatic heterocycles. The van der Waals surface area contributed by atoms with E-state index in [-0.39, 0.29) is 0 Å². The topological polar surface area (TPSA) is 29.3 Å². The Labute approximate surface area is 308 Å². The van der Waals surface area contributed by atoms with Crippen LogP contribution in [0.25, 0.3) is 72.4 Å². The molecular formula is C50H34N2O. The fourth-order valence-corrected chi connectivity index (χ4v) is 8.46. The molecule has 1 aromatic heterocycles. The van der Waals surface area contributed by atoms with Gasteiger partial charge in [0.2, 0.25) is 5.89 Å². The Bertz CT molecular complexity index is 2920. The van der Waals surface area contributed by atoms with Gasteiger partial charge in [-0.25, -0.2) is 4.98 Å². The molecule has 0 saturated carbocycles. The van der Waals surface area contributed by atoms with Crippen molar-refractivity contribution in [3.05, 3.63) is 186 Å². The van der Waals surface area contributed by atoms with E-state index in [0.29, 0.717) is 5.89 Å². The summed E-state index contributed by atoms with van der Waals surface area (Å²) in [6.07, 6.45) is 7.61. The van der Waals surface area contributed by atoms with Crippen LogP contribution in [0.15, 0.2) is 168 Å². The normalized spacial score (nSPS) is 13.0. The van der Waals surface area contributed by atoms with Crippen LogP contribution in [-0.2, 0) is 12.8 Å². The summed E-state index contributed by atoms with van der Waals surface area (Å²) in [5.74, 6) is 0.659. The molecule has 2 aliphatic carbocycles. The molecule has 0 amide bonds. The summed E-state index contributed by atoms with van der Waals surface area (Å²) in [4.78, 5) is 7.35. The second-order valence-electron chi connectivity index (χ2n) is 14.3. The fraction of sp³-hybridized carbons (Fsp3) is 0.0600. The second-order valence-corrected chi connectivity index (χ2v) is 14.3. The van der Waals surface area contributed by atoms with Gasteiger partial charge < -0.3 is 9.32 Å². The number of benzene rings is 8. The van der Waals surface area contributed by atoms with E-state index < -0.39 is 0 Å². The molecule has 0 bridgehead atoms. The minimum atomic E-state index is 0.659. The van der Waals surface area contributed by atoms with E-state index in [9.17, 15) is 0 Å². The number of oxazole rings is 1. The standard InChI is InChI=1S/C50H34N2O/c1-2-8-32(9-3-1)34-16-21-40(22-17-34)52(42-24-19-38-29-37-12-6-7-13-43(37)47(38)31-42)41-23-18-35-20-25-45-44(46(35)30-41)26-27-48-49(45)53-50(51-48)39-15-14-33-10-4-5-11-36(33)28-39/h1-3,5-9,11-28,30-31H,4,10,29H2.